The second kappa shape index (κ2) is 7.45. The lowest BCUT2D eigenvalue weighted by Crippen LogP contribution is -2.46. The molecule has 0 saturated carbocycles. The van der Waals surface area contributed by atoms with Crippen molar-refractivity contribution in [2.45, 2.75) is 38.0 Å². The van der Waals surface area contributed by atoms with E-state index < -0.39 is 17.5 Å². The highest BCUT2D eigenvalue weighted by atomic mass is 16.6. The Morgan fingerprint density at radius 1 is 1.27 bits per heavy atom. The van der Waals surface area contributed by atoms with Gasteiger partial charge in [0.15, 0.2) is 0 Å². The molecule has 0 aromatic heterocycles. The van der Waals surface area contributed by atoms with Gasteiger partial charge in [-0.2, -0.15) is 0 Å². The molecule has 2 amide bonds. The van der Waals surface area contributed by atoms with Crippen LogP contribution in [0.15, 0.2) is 18.2 Å². The number of ether oxygens (including phenoxy) is 3. The third kappa shape index (κ3) is 2.96. The first-order chi connectivity index (χ1) is 12.5. The van der Waals surface area contributed by atoms with Gasteiger partial charge in [-0.3, -0.25) is 4.79 Å². The largest absolute Gasteiger partial charge is 0.465 e. The molecule has 2 heterocycles. The zero-order valence-electron chi connectivity index (χ0n) is 15.1. The van der Waals surface area contributed by atoms with E-state index in [0.29, 0.717) is 31.7 Å². The lowest BCUT2D eigenvalue weighted by atomic mass is 9.75. The van der Waals surface area contributed by atoms with Gasteiger partial charge in [0, 0.05) is 13.2 Å². The molecule has 1 saturated heterocycles. The summed E-state index contributed by atoms with van der Waals surface area (Å²) in [6.07, 6.45) is 1.90. The summed E-state index contributed by atoms with van der Waals surface area (Å²) in [5, 5.41) is 0. The van der Waals surface area contributed by atoms with Crippen molar-refractivity contribution in [2.24, 2.45) is 0 Å². The Morgan fingerprint density at radius 2 is 2.00 bits per heavy atom. The van der Waals surface area contributed by atoms with Crippen LogP contribution < -0.4 is 4.90 Å². The summed E-state index contributed by atoms with van der Waals surface area (Å²) < 4.78 is 15.4. The third-order valence-electron chi connectivity index (χ3n) is 5.04. The molecule has 7 heteroatoms. The molecule has 0 aliphatic carbocycles. The van der Waals surface area contributed by atoms with Crippen molar-refractivity contribution in [1.82, 2.24) is 0 Å². The van der Waals surface area contributed by atoms with Gasteiger partial charge in [-0.25, -0.2) is 14.5 Å². The van der Waals surface area contributed by atoms with E-state index in [4.69, 9.17) is 14.2 Å². The first kappa shape index (κ1) is 18.4. The van der Waals surface area contributed by atoms with E-state index in [9.17, 15) is 14.4 Å². The van der Waals surface area contributed by atoms with Crippen LogP contribution in [-0.4, -0.2) is 44.9 Å². The van der Waals surface area contributed by atoms with Crippen LogP contribution >= 0.6 is 0 Å². The number of nitrogens with zero attached hydrogens (tertiary/aromatic N) is 1. The molecular weight excluding hydrogens is 338 g/mol. The van der Waals surface area contributed by atoms with Crippen molar-refractivity contribution in [3.63, 3.8) is 0 Å². The number of methoxy groups -OCH3 is 1. The fourth-order valence-corrected chi connectivity index (χ4v) is 3.56. The van der Waals surface area contributed by atoms with Crippen LogP contribution in [0.1, 0.15) is 48.5 Å². The van der Waals surface area contributed by atoms with Gasteiger partial charge in [0.2, 0.25) is 5.91 Å². The van der Waals surface area contributed by atoms with E-state index in [1.807, 2.05) is 6.92 Å². The molecule has 0 unspecified atom stereocenters. The van der Waals surface area contributed by atoms with E-state index in [-0.39, 0.29) is 18.1 Å². The molecule has 2 aliphatic rings. The van der Waals surface area contributed by atoms with Gasteiger partial charge in [-0.05, 0) is 37.0 Å². The van der Waals surface area contributed by atoms with Crippen LogP contribution in [0.3, 0.4) is 0 Å². The lowest BCUT2D eigenvalue weighted by molar-refractivity contribution is -0.126. The number of carbonyl (C=O) groups excluding carboxylic acids is 3. The lowest BCUT2D eigenvalue weighted by Gasteiger charge is -2.32. The molecule has 1 aromatic carbocycles. The van der Waals surface area contributed by atoms with Crippen molar-refractivity contribution in [2.75, 3.05) is 31.8 Å². The molecule has 2 aliphatic heterocycles. The molecule has 0 atom stereocenters. The van der Waals surface area contributed by atoms with Crippen LogP contribution in [0, 0.1) is 0 Å². The number of esters is 1. The molecule has 1 spiro atoms. The summed E-state index contributed by atoms with van der Waals surface area (Å²) in [7, 11) is 1.29. The molecule has 1 aromatic rings. The minimum absolute atomic E-state index is 0.251. The highest BCUT2D eigenvalue weighted by Gasteiger charge is 2.54. The second-order valence-electron chi connectivity index (χ2n) is 6.53. The van der Waals surface area contributed by atoms with Gasteiger partial charge >= 0.3 is 12.1 Å². The number of carbonyl (C=O) groups is 3. The maximum Gasteiger partial charge on any atom is 0.421 e. The summed E-state index contributed by atoms with van der Waals surface area (Å²) in [4.78, 5) is 38.8. The first-order valence-corrected chi connectivity index (χ1v) is 8.87. The van der Waals surface area contributed by atoms with Crippen LogP contribution in [0.25, 0.3) is 0 Å². The van der Waals surface area contributed by atoms with Gasteiger partial charge in [0.05, 0.1) is 30.4 Å². The van der Waals surface area contributed by atoms with Crippen molar-refractivity contribution < 1.29 is 28.6 Å². The quantitative estimate of drug-likeness (QED) is 0.606. The molecule has 0 N–H and O–H groups in total. The third-order valence-corrected chi connectivity index (χ3v) is 5.04. The van der Waals surface area contributed by atoms with Gasteiger partial charge in [-0.15, -0.1) is 0 Å². The van der Waals surface area contributed by atoms with Gasteiger partial charge in [0.1, 0.15) is 0 Å². The van der Waals surface area contributed by atoms with E-state index >= 15 is 0 Å². The number of unbranched alkanes of at least 4 members (excludes halogenated alkanes) is 1. The molecule has 1 fully saturated rings. The number of fused-ring (bicyclic) bond motifs is 2. The van der Waals surface area contributed by atoms with E-state index in [2.05, 4.69) is 0 Å². The minimum atomic E-state index is -0.800. The molecule has 7 nitrogen and oxygen atoms in total. The highest BCUT2D eigenvalue weighted by Crippen LogP contribution is 2.48. The Bertz CT molecular complexity index is 723. The summed E-state index contributed by atoms with van der Waals surface area (Å²) in [5.74, 6) is -0.827. The summed E-state index contributed by atoms with van der Waals surface area (Å²) in [6, 6.07) is 4.90. The predicted octanol–water partition coefficient (Wildman–Crippen LogP) is 2.80. The molecule has 26 heavy (non-hydrogen) atoms. The van der Waals surface area contributed by atoms with Crippen LogP contribution in [0.2, 0.25) is 0 Å². The van der Waals surface area contributed by atoms with E-state index in [1.165, 1.54) is 13.2 Å². The Balaban J connectivity index is 2.02. The highest BCUT2D eigenvalue weighted by molar-refractivity contribution is 6.21. The predicted molar refractivity (Wildman–Crippen MR) is 93.3 cm³/mol. The average molecular weight is 361 g/mol. The molecular formula is C19H23NO6. The summed E-state index contributed by atoms with van der Waals surface area (Å²) in [5.41, 5.74) is 0.633. The van der Waals surface area contributed by atoms with Crippen molar-refractivity contribution in [3.05, 3.63) is 29.3 Å². The SMILES string of the molecule is CCCCOC(=O)N1C(=O)C2(CCOCC2)c2ccc(C(=O)OC)cc21. The topological polar surface area (TPSA) is 82.1 Å². The second-order valence-corrected chi connectivity index (χ2v) is 6.53. The Kier molecular flexibility index (Phi) is 5.27. The number of hydrogen-bond donors (Lipinski definition) is 0. The Labute approximate surface area is 152 Å². The van der Waals surface area contributed by atoms with Gasteiger partial charge in [-0.1, -0.05) is 19.4 Å². The zero-order chi connectivity index (χ0) is 18.7. The molecule has 0 bridgehead atoms. The number of hydrogen-bond acceptors (Lipinski definition) is 6. The standard InChI is InChI=1S/C19H23NO6/c1-3-4-9-26-18(23)20-15-12-13(16(21)24-2)5-6-14(15)19(17(20)22)7-10-25-11-8-19/h5-6,12H,3-4,7-11H2,1-2H3. The minimum Gasteiger partial charge on any atom is -0.465 e. The Morgan fingerprint density at radius 3 is 2.65 bits per heavy atom. The molecule has 3 rings (SSSR count). The van der Waals surface area contributed by atoms with Gasteiger partial charge < -0.3 is 14.2 Å². The number of benzene rings is 1. The smallest absolute Gasteiger partial charge is 0.421 e. The maximum absolute atomic E-state index is 13.2. The number of anilines is 1. The number of amides is 2. The summed E-state index contributed by atoms with van der Waals surface area (Å²) in [6.45, 7) is 3.14. The van der Waals surface area contributed by atoms with E-state index in [1.54, 1.807) is 12.1 Å². The maximum atomic E-state index is 13.2. The van der Waals surface area contributed by atoms with Crippen LogP contribution in [0.4, 0.5) is 10.5 Å². The average Bonchev–Trinajstić information content (AvgIpc) is 2.89. The van der Waals surface area contributed by atoms with Crippen molar-refractivity contribution in [1.29, 1.82) is 0 Å². The molecule has 140 valence electrons. The van der Waals surface area contributed by atoms with Gasteiger partial charge in [0.25, 0.3) is 0 Å². The van der Waals surface area contributed by atoms with Crippen LogP contribution in [0.5, 0.6) is 0 Å². The zero-order valence-corrected chi connectivity index (χ0v) is 15.1. The number of rotatable bonds is 4. The molecule has 0 radical (unpaired) electrons. The number of imide groups is 1. The first-order valence-electron chi connectivity index (χ1n) is 8.87. The normalized spacial score (nSPS) is 17.9. The monoisotopic (exact) mass is 361 g/mol. The van der Waals surface area contributed by atoms with Crippen molar-refractivity contribution in [3.8, 4) is 0 Å². The summed E-state index contributed by atoms with van der Waals surface area (Å²) >= 11 is 0. The fraction of sp³-hybridized carbons (Fsp3) is 0.526. The van der Waals surface area contributed by atoms with Crippen molar-refractivity contribution >= 4 is 23.7 Å². The van der Waals surface area contributed by atoms with E-state index in [0.717, 1.165) is 23.3 Å². The Hall–Kier alpha value is -2.41. The fourth-order valence-electron chi connectivity index (χ4n) is 3.56. The van der Waals surface area contributed by atoms with Crippen LogP contribution in [-0.2, 0) is 24.4 Å².